The summed E-state index contributed by atoms with van der Waals surface area (Å²) in [6.07, 6.45) is 3.83. The summed E-state index contributed by atoms with van der Waals surface area (Å²) in [6, 6.07) is 1.57. The van der Waals surface area contributed by atoms with Crippen LogP contribution in [-0.4, -0.2) is 38.6 Å². The second kappa shape index (κ2) is 8.30. The van der Waals surface area contributed by atoms with Gasteiger partial charge in [-0.05, 0) is 12.5 Å². The molecule has 1 aromatic rings. The Morgan fingerprint density at radius 2 is 2.17 bits per heavy atom. The second-order valence-corrected chi connectivity index (χ2v) is 3.71. The highest BCUT2D eigenvalue weighted by Gasteiger charge is 2.07. The fraction of sp³-hybridized carbons (Fsp3) is 0.500. The first-order chi connectivity index (χ1) is 8.74. The molecule has 0 fully saturated rings. The number of amides is 2. The van der Waals surface area contributed by atoms with Crippen LogP contribution in [0.3, 0.4) is 0 Å². The second-order valence-electron chi connectivity index (χ2n) is 3.71. The van der Waals surface area contributed by atoms with E-state index in [4.69, 9.17) is 9.15 Å². The molecule has 0 radical (unpaired) electrons. The number of methoxy groups -OCH3 is 1. The topological polar surface area (TPSA) is 80.6 Å². The Morgan fingerprint density at radius 1 is 1.33 bits per heavy atom. The first-order valence-electron chi connectivity index (χ1n) is 5.80. The summed E-state index contributed by atoms with van der Waals surface area (Å²) in [5.74, 6) is -0.325. The van der Waals surface area contributed by atoms with Crippen molar-refractivity contribution in [3.8, 4) is 0 Å². The van der Waals surface area contributed by atoms with E-state index in [1.165, 1.54) is 12.5 Å². The Bertz CT molecular complexity index is 362. The molecule has 1 rings (SSSR count). The molecule has 100 valence electrons. The first kappa shape index (κ1) is 14.2. The van der Waals surface area contributed by atoms with Crippen LogP contribution in [0.2, 0.25) is 0 Å². The molecule has 6 nitrogen and oxygen atoms in total. The molecule has 0 aliphatic carbocycles. The van der Waals surface area contributed by atoms with Gasteiger partial charge in [0.25, 0.3) is 5.91 Å². The van der Waals surface area contributed by atoms with Gasteiger partial charge in [-0.15, -0.1) is 0 Å². The zero-order valence-corrected chi connectivity index (χ0v) is 10.4. The van der Waals surface area contributed by atoms with Gasteiger partial charge in [-0.3, -0.25) is 9.59 Å². The van der Waals surface area contributed by atoms with Crippen LogP contribution in [0.4, 0.5) is 0 Å². The molecule has 6 heteroatoms. The van der Waals surface area contributed by atoms with Crippen LogP contribution in [0.15, 0.2) is 23.0 Å². The Labute approximate surface area is 106 Å². The molecule has 0 spiro atoms. The molecule has 2 N–H and O–H groups in total. The van der Waals surface area contributed by atoms with Gasteiger partial charge in [-0.25, -0.2) is 0 Å². The largest absolute Gasteiger partial charge is 0.472 e. The van der Waals surface area contributed by atoms with Crippen molar-refractivity contribution in [1.29, 1.82) is 0 Å². The monoisotopic (exact) mass is 254 g/mol. The third kappa shape index (κ3) is 5.49. The molecule has 18 heavy (non-hydrogen) atoms. The molecule has 0 saturated heterocycles. The van der Waals surface area contributed by atoms with Crippen LogP contribution in [0.25, 0.3) is 0 Å². The van der Waals surface area contributed by atoms with Gasteiger partial charge < -0.3 is 19.8 Å². The molecule has 0 bridgehead atoms. The lowest BCUT2D eigenvalue weighted by Crippen LogP contribution is -2.31. The van der Waals surface area contributed by atoms with Crippen molar-refractivity contribution in [3.05, 3.63) is 24.2 Å². The standard InChI is InChI=1S/C12H18N2O4/c1-17-7-2-5-13-11(15)3-6-14-12(16)10-4-8-18-9-10/h4,8-9H,2-3,5-7H2,1H3,(H,13,15)(H,14,16). The molecule has 0 atom stereocenters. The average Bonchev–Trinajstić information content (AvgIpc) is 2.88. The predicted molar refractivity (Wildman–Crippen MR) is 65.2 cm³/mol. The van der Waals surface area contributed by atoms with E-state index in [2.05, 4.69) is 10.6 Å². The molecule has 0 aromatic carbocycles. The number of hydrogen-bond acceptors (Lipinski definition) is 4. The maximum Gasteiger partial charge on any atom is 0.254 e. The number of hydrogen-bond donors (Lipinski definition) is 2. The number of furan rings is 1. The molecule has 1 heterocycles. The van der Waals surface area contributed by atoms with Crippen LogP contribution in [0.5, 0.6) is 0 Å². The van der Waals surface area contributed by atoms with Crippen molar-refractivity contribution < 1.29 is 18.7 Å². The van der Waals surface area contributed by atoms with Gasteiger partial charge in [-0.2, -0.15) is 0 Å². The SMILES string of the molecule is COCCCNC(=O)CCNC(=O)c1ccoc1. The smallest absolute Gasteiger partial charge is 0.254 e. The summed E-state index contributed by atoms with van der Waals surface area (Å²) < 4.78 is 9.65. The van der Waals surface area contributed by atoms with Crippen LogP contribution in [0.1, 0.15) is 23.2 Å². The molecule has 2 amide bonds. The van der Waals surface area contributed by atoms with Gasteiger partial charge in [0.15, 0.2) is 0 Å². The van der Waals surface area contributed by atoms with Crippen LogP contribution in [0, 0.1) is 0 Å². The third-order valence-corrected chi connectivity index (χ3v) is 2.27. The first-order valence-corrected chi connectivity index (χ1v) is 5.80. The minimum atomic E-state index is -0.240. The molecule has 1 aromatic heterocycles. The Morgan fingerprint density at radius 3 is 2.83 bits per heavy atom. The zero-order valence-electron chi connectivity index (χ0n) is 10.4. The lowest BCUT2D eigenvalue weighted by molar-refractivity contribution is -0.120. The molecule has 0 unspecified atom stereocenters. The van der Waals surface area contributed by atoms with E-state index >= 15 is 0 Å². The highest BCUT2D eigenvalue weighted by Crippen LogP contribution is 1.98. The van der Waals surface area contributed by atoms with Crippen molar-refractivity contribution in [1.82, 2.24) is 10.6 Å². The maximum absolute atomic E-state index is 11.5. The highest BCUT2D eigenvalue weighted by molar-refractivity contribution is 5.93. The molecular formula is C12H18N2O4. The van der Waals surface area contributed by atoms with E-state index in [1.807, 2.05) is 0 Å². The number of carbonyl (C=O) groups excluding carboxylic acids is 2. The van der Waals surface area contributed by atoms with E-state index in [0.29, 0.717) is 25.3 Å². The van der Waals surface area contributed by atoms with Gasteiger partial charge in [-0.1, -0.05) is 0 Å². The van der Waals surface area contributed by atoms with Crippen LogP contribution < -0.4 is 10.6 Å². The van der Waals surface area contributed by atoms with E-state index in [-0.39, 0.29) is 18.2 Å². The van der Waals surface area contributed by atoms with E-state index in [9.17, 15) is 9.59 Å². The average molecular weight is 254 g/mol. The van der Waals surface area contributed by atoms with Crippen molar-refractivity contribution in [2.24, 2.45) is 0 Å². The Hall–Kier alpha value is -1.82. The quantitative estimate of drug-likeness (QED) is 0.664. The van der Waals surface area contributed by atoms with Crippen molar-refractivity contribution >= 4 is 11.8 Å². The van der Waals surface area contributed by atoms with Crippen LogP contribution >= 0.6 is 0 Å². The summed E-state index contributed by atoms with van der Waals surface area (Å²) in [4.78, 5) is 22.8. The lowest BCUT2D eigenvalue weighted by Gasteiger charge is -2.05. The summed E-state index contributed by atoms with van der Waals surface area (Å²) in [6.45, 7) is 1.51. The summed E-state index contributed by atoms with van der Waals surface area (Å²) in [7, 11) is 1.62. The van der Waals surface area contributed by atoms with Gasteiger partial charge >= 0.3 is 0 Å². The number of rotatable bonds is 8. The third-order valence-electron chi connectivity index (χ3n) is 2.27. The Balaban J connectivity index is 2.07. The fourth-order valence-corrected chi connectivity index (χ4v) is 1.32. The molecule has 0 saturated carbocycles. The fourth-order valence-electron chi connectivity index (χ4n) is 1.32. The number of nitrogens with one attached hydrogen (secondary N) is 2. The van der Waals surface area contributed by atoms with Gasteiger partial charge in [0, 0.05) is 33.2 Å². The summed E-state index contributed by atoms with van der Waals surface area (Å²) >= 11 is 0. The highest BCUT2D eigenvalue weighted by atomic mass is 16.5. The molecule has 0 aliphatic heterocycles. The normalized spacial score (nSPS) is 10.1. The predicted octanol–water partition coefficient (Wildman–Crippen LogP) is 0.552. The Kier molecular flexibility index (Phi) is 6.56. The summed E-state index contributed by atoms with van der Waals surface area (Å²) in [5.41, 5.74) is 0.454. The van der Waals surface area contributed by atoms with Crippen molar-refractivity contribution in [2.45, 2.75) is 12.8 Å². The van der Waals surface area contributed by atoms with E-state index in [0.717, 1.165) is 6.42 Å². The minimum Gasteiger partial charge on any atom is -0.472 e. The van der Waals surface area contributed by atoms with Crippen molar-refractivity contribution in [2.75, 3.05) is 26.8 Å². The molecule has 0 aliphatic rings. The number of ether oxygens (including phenoxy) is 1. The van der Waals surface area contributed by atoms with Crippen LogP contribution in [-0.2, 0) is 9.53 Å². The maximum atomic E-state index is 11.5. The lowest BCUT2D eigenvalue weighted by atomic mass is 10.3. The van der Waals surface area contributed by atoms with Gasteiger partial charge in [0.05, 0.1) is 11.8 Å². The van der Waals surface area contributed by atoms with Crippen molar-refractivity contribution in [3.63, 3.8) is 0 Å². The van der Waals surface area contributed by atoms with Gasteiger partial charge in [0.2, 0.25) is 5.91 Å². The number of carbonyl (C=O) groups is 2. The zero-order chi connectivity index (χ0) is 13.2. The summed E-state index contributed by atoms with van der Waals surface area (Å²) in [5, 5.41) is 5.37. The minimum absolute atomic E-state index is 0.0846. The van der Waals surface area contributed by atoms with Gasteiger partial charge in [0.1, 0.15) is 6.26 Å². The van der Waals surface area contributed by atoms with E-state index < -0.39 is 0 Å². The van der Waals surface area contributed by atoms with E-state index in [1.54, 1.807) is 13.2 Å². The molecular weight excluding hydrogens is 236 g/mol.